The summed E-state index contributed by atoms with van der Waals surface area (Å²) in [5, 5.41) is 3.46. The number of carbonyl (C=O) groups is 1. The van der Waals surface area contributed by atoms with Gasteiger partial charge >= 0.3 is 0 Å². The third-order valence-electron chi connectivity index (χ3n) is 2.50. The van der Waals surface area contributed by atoms with Gasteiger partial charge in [-0.3, -0.25) is 4.79 Å². The third-order valence-corrected chi connectivity index (χ3v) is 3.50. The van der Waals surface area contributed by atoms with Crippen LogP contribution in [0.3, 0.4) is 0 Å². The third kappa shape index (κ3) is 3.18. The molecular formula is C13H9Cl3N2O. The quantitative estimate of drug-likeness (QED) is 0.823. The first-order valence-corrected chi connectivity index (χ1v) is 6.51. The molecule has 1 aromatic heterocycles. The van der Waals surface area contributed by atoms with Crippen molar-refractivity contribution in [2.24, 2.45) is 0 Å². The summed E-state index contributed by atoms with van der Waals surface area (Å²) in [5.41, 5.74) is 1.64. The molecular weight excluding hydrogens is 307 g/mol. The molecule has 19 heavy (non-hydrogen) atoms. The van der Waals surface area contributed by atoms with E-state index in [1.54, 1.807) is 12.1 Å². The minimum absolute atomic E-state index is 0.0498. The molecule has 0 aliphatic heterocycles. The number of aromatic nitrogens is 1. The number of anilines is 1. The standard InChI is InChI=1S/C13H9Cl3N2O/c1-7-3-2-4-9(11(7)15)17-13(19)8-5-6-10(14)18-12(8)16/h2-6H,1H3,(H,17,19). The van der Waals surface area contributed by atoms with Gasteiger partial charge in [0.2, 0.25) is 0 Å². The van der Waals surface area contributed by atoms with Gasteiger partial charge < -0.3 is 5.32 Å². The average Bonchev–Trinajstić information content (AvgIpc) is 2.34. The molecule has 0 saturated heterocycles. The summed E-state index contributed by atoms with van der Waals surface area (Å²) in [5.74, 6) is -0.387. The first kappa shape index (κ1) is 14.1. The van der Waals surface area contributed by atoms with Crippen molar-refractivity contribution in [1.82, 2.24) is 4.98 Å². The fourth-order valence-corrected chi connectivity index (χ4v) is 2.12. The molecule has 98 valence electrons. The number of carbonyl (C=O) groups excluding carboxylic acids is 1. The van der Waals surface area contributed by atoms with Crippen molar-refractivity contribution in [3.63, 3.8) is 0 Å². The molecule has 0 aliphatic rings. The fraction of sp³-hybridized carbons (Fsp3) is 0.0769. The number of nitrogens with zero attached hydrogens (tertiary/aromatic N) is 1. The number of amides is 1. The number of nitrogens with one attached hydrogen (secondary N) is 1. The zero-order valence-corrected chi connectivity index (χ0v) is 12.1. The van der Waals surface area contributed by atoms with Crippen LogP contribution in [-0.4, -0.2) is 10.9 Å². The molecule has 0 aliphatic carbocycles. The van der Waals surface area contributed by atoms with E-state index in [1.165, 1.54) is 12.1 Å². The lowest BCUT2D eigenvalue weighted by Gasteiger charge is -2.09. The molecule has 2 aromatic rings. The molecule has 0 bridgehead atoms. The second-order valence-corrected chi connectivity index (χ2v) is 4.99. The summed E-state index contributed by atoms with van der Waals surface area (Å²) >= 11 is 17.7. The maximum atomic E-state index is 12.1. The van der Waals surface area contributed by atoms with Gasteiger partial charge in [-0.15, -0.1) is 0 Å². The molecule has 1 aromatic carbocycles. The second kappa shape index (κ2) is 5.78. The Labute approximate surface area is 125 Å². The van der Waals surface area contributed by atoms with Gasteiger partial charge in [-0.2, -0.15) is 0 Å². The Balaban J connectivity index is 2.28. The van der Waals surface area contributed by atoms with Crippen molar-refractivity contribution in [3.05, 3.63) is 56.8 Å². The molecule has 1 amide bonds. The SMILES string of the molecule is Cc1cccc(NC(=O)c2ccc(Cl)nc2Cl)c1Cl. The van der Waals surface area contributed by atoms with Gasteiger partial charge in [0.1, 0.15) is 10.3 Å². The fourth-order valence-electron chi connectivity index (χ4n) is 1.52. The van der Waals surface area contributed by atoms with E-state index in [-0.39, 0.29) is 21.8 Å². The smallest absolute Gasteiger partial charge is 0.258 e. The van der Waals surface area contributed by atoms with Gasteiger partial charge in [0.05, 0.1) is 16.3 Å². The van der Waals surface area contributed by atoms with Crippen LogP contribution in [0, 0.1) is 6.92 Å². The zero-order valence-electron chi connectivity index (χ0n) is 9.88. The highest BCUT2D eigenvalue weighted by molar-refractivity contribution is 6.36. The van der Waals surface area contributed by atoms with E-state index in [1.807, 2.05) is 13.0 Å². The largest absolute Gasteiger partial charge is 0.321 e. The minimum atomic E-state index is -0.387. The first-order valence-electron chi connectivity index (χ1n) is 5.37. The van der Waals surface area contributed by atoms with Crippen LogP contribution < -0.4 is 5.32 Å². The molecule has 1 N–H and O–H groups in total. The average molecular weight is 316 g/mol. The van der Waals surface area contributed by atoms with Crippen molar-refractivity contribution in [1.29, 1.82) is 0 Å². The minimum Gasteiger partial charge on any atom is -0.321 e. The Hall–Kier alpha value is -1.29. The maximum Gasteiger partial charge on any atom is 0.258 e. The second-order valence-electron chi connectivity index (χ2n) is 3.86. The molecule has 1 heterocycles. The number of hydrogen-bond donors (Lipinski definition) is 1. The highest BCUT2D eigenvalue weighted by atomic mass is 35.5. The van der Waals surface area contributed by atoms with E-state index in [0.29, 0.717) is 10.7 Å². The van der Waals surface area contributed by atoms with Gasteiger partial charge in [-0.05, 0) is 30.7 Å². The summed E-state index contributed by atoms with van der Waals surface area (Å²) in [6.07, 6.45) is 0. The number of hydrogen-bond acceptors (Lipinski definition) is 2. The van der Waals surface area contributed by atoms with E-state index in [0.717, 1.165) is 5.56 Å². The molecule has 0 atom stereocenters. The summed E-state index contributed by atoms with van der Waals surface area (Å²) in [6, 6.07) is 8.38. The number of rotatable bonds is 2. The van der Waals surface area contributed by atoms with E-state index < -0.39 is 0 Å². The van der Waals surface area contributed by atoms with Gasteiger partial charge in [-0.1, -0.05) is 46.9 Å². The molecule has 6 heteroatoms. The lowest BCUT2D eigenvalue weighted by Crippen LogP contribution is -2.13. The van der Waals surface area contributed by atoms with Crippen LogP contribution in [0.1, 0.15) is 15.9 Å². The lowest BCUT2D eigenvalue weighted by atomic mass is 10.2. The van der Waals surface area contributed by atoms with Crippen LogP contribution in [0.4, 0.5) is 5.69 Å². The van der Waals surface area contributed by atoms with Crippen LogP contribution in [0.2, 0.25) is 15.3 Å². The molecule has 2 rings (SSSR count). The van der Waals surface area contributed by atoms with Crippen molar-refractivity contribution in [2.75, 3.05) is 5.32 Å². The predicted octanol–water partition coefficient (Wildman–Crippen LogP) is 4.60. The summed E-state index contributed by atoms with van der Waals surface area (Å²) in [4.78, 5) is 15.9. The Morgan fingerprint density at radius 2 is 1.89 bits per heavy atom. The first-order chi connectivity index (χ1) is 8.99. The number of halogens is 3. The van der Waals surface area contributed by atoms with Crippen molar-refractivity contribution in [2.45, 2.75) is 6.92 Å². The highest BCUT2D eigenvalue weighted by Gasteiger charge is 2.14. The molecule has 0 unspecified atom stereocenters. The van der Waals surface area contributed by atoms with Gasteiger partial charge in [0.15, 0.2) is 0 Å². The summed E-state index contributed by atoms with van der Waals surface area (Å²) in [7, 11) is 0. The molecule has 0 radical (unpaired) electrons. The van der Waals surface area contributed by atoms with E-state index >= 15 is 0 Å². The van der Waals surface area contributed by atoms with E-state index in [4.69, 9.17) is 34.8 Å². The van der Waals surface area contributed by atoms with Crippen LogP contribution in [0.5, 0.6) is 0 Å². The summed E-state index contributed by atoms with van der Waals surface area (Å²) in [6.45, 7) is 1.86. The zero-order chi connectivity index (χ0) is 14.0. The van der Waals surface area contributed by atoms with Crippen LogP contribution in [0.25, 0.3) is 0 Å². The number of pyridine rings is 1. The molecule has 0 fully saturated rings. The predicted molar refractivity (Wildman–Crippen MR) is 78.4 cm³/mol. The highest BCUT2D eigenvalue weighted by Crippen LogP contribution is 2.26. The molecule has 0 saturated carbocycles. The van der Waals surface area contributed by atoms with Crippen molar-refractivity contribution < 1.29 is 4.79 Å². The van der Waals surface area contributed by atoms with Crippen LogP contribution >= 0.6 is 34.8 Å². The maximum absolute atomic E-state index is 12.1. The van der Waals surface area contributed by atoms with E-state index in [9.17, 15) is 4.79 Å². The normalized spacial score (nSPS) is 10.3. The van der Waals surface area contributed by atoms with Crippen molar-refractivity contribution >= 4 is 46.4 Å². The number of benzene rings is 1. The monoisotopic (exact) mass is 314 g/mol. The molecule has 0 spiro atoms. The summed E-state index contributed by atoms with van der Waals surface area (Å²) < 4.78 is 0. The van der Waals surface area contributed by atoms with Crippen LogP contribution in [0.15, 0.2) is 30.3 Å². The Morgan fingerprint density at radius 3 is 2.58 bits per heavy atom. The van der Waals surface area contributed by atoms with Gasteiger partial charge in [-0.25, -0.2) is 4.98 Å². The van der Waals surface area contributed by atoms with Crippen LogP contribution in [-0.2, 0) is 0 Å². The topological polar surface area (TPSA) is 42.0 Å². The Morgan fingerprint density at radius 1 is 1.16 bits per heavy atom. The van der Waals surface area contributed by atoms with Gasteiger partial charge in [0, 0.05) is 0 Å². The lowest BCUT2D eigenvalue weighted by molar-refractivity contribution is 0.102. The number of aryl methyl sites for hydroxylation is 1. The van der Waals surface area contributed by atoms with Gasteiger partial charge in [0.25, 0.3) is 5.91 Å². The van der Waals surface area contributed by atoms with E-state index in [2.05, 4.69) is 10.3 Å². The Bertz CT molecular complexity index is 644. The Kier molecular flexibility index (Phi) is 4.30. The van der Waals surface area contributed by atoms with Crippen molar-refractivity contribution in [3.8, 4) is 0 Å². The molecule has 3 nitrogen and oxygen atoms in total.